The summed E-state index contributed by atoms with van der Waals surface area (Å²) in [5, 5.41) is 12.0. The molecule has 0 radical (unpaired) electrons. The lowest BCUT2D eigenvalue weighted by molar-refractivity contribution is 0.329. The van der Waals surface area contributed by atoms with Crippen molar-refractivity contribution >= 4 is 0 Å². The molecule has 0 aromatic heterocycles. The Morgan fingerprint density at radius 2 is 1.77 bits per heavy atom. The molecule has 0 spiro atoms. The Kier molecular flexibility index (Phi) is 6.62. The molecule has 0 saturated heterocycles. The minimum atomic E-state index is 0.320. The Bertz CT molecular complexity index is 156. The highest BCUT2D eigenvalue weighted by atomic mass is 14.9. The van der Waals surface area contributed by atoms with Crippen molar-refractivity contribution in [3.05, 3.63) is 0 Å². The van der Waals surface area contributed by atoms with Gasteiger partial charge in [-0.05, 0) is 19.8 Å². The van der Waals surface area contributed by atoms with Crippen molar-refractivity contribution in [2.45, 2.75) is 59.0 Å². The van der Waals surface area contributed by atoms with Gasteiger partial charge in [-0.3, -0.25) is 0 Å². The van der Waals surface area contributed by atoms with Crippen LogP contribution >= 0.6 is 0 Å². The molecule has 0 aliphatic heterocycles. The van der Waals surface area contributed by atoms with Gasteiger partial charge in [0.05, 0.1) is 12.5 Å². The Hall–Kier alpha value is -0.550. The lowest BCUT2D eigenvalue weighted by Gasteiger charge is -2.25. The molecule has 76 valence electrons. The molecule has 0 amide bonds. The molecule has 0 fully saturated rings. The summed E-state index contributed by atoms with van der Waals surface area (Å²) < 4.78 is 0. The summed E-state index contributed by atoms with van der Waals surface area (Å²) in [4.78, 5) is 0. The molecule has 0 saturated carbocycles. The summed E-state index contributed by atoms with van der Waals surface area (Å²) in [5.41, 5.74) is 0. The van der Waals surface area contributed by atoms with E-state index in [0.717, 1.165) is 5.92 Å². The van der Waals surface area contributed by atoms with Crippen LogP contribution in [-0.4, -0.2) is 12.1 Å². The second-order valence-electron chi connectivity index (χ2n) is 3.80. The van der Waals surface area contributed by atoms with Crippen LogP contribution in [0.15, 0.2) is 0 Å². The minimum Gasteiger partial charge on any atom is -0.310 e. The van der Waals surface area contributed by atoms with Crippen LogP contribution in [0, 0.1) is 17.2 Å². The maximum Gasteiger partial charge on any atom is 0.0638 e. The van der Waals surface area contributed by atoms with E-state index >= 15 is 0 Å². The van der Waals surface area contributed by atoms with Crippen LogP contribution in [0.25, 0.3) is 0 Å². The van der Waals surface area contributed by atoms with Gasteiger partial charge >= 0.3 is 0 Å². The Labute approximate surface area is 82.3 Å². The van der Waals surface area contributed by atoms with Gasteiger partial charge in [0, 0.05) is 12.1 Å². The first-order chi connectivity index (χ1) is 6.15. The van der Waals surface area contributed by atoms with Crippen LogP contribution in [0.1, 0.15) is 47.0 Å². The summed E-state index contributed by atoms with van der Waals surface area (Å²) in [6.07, 6.45) is 3.03. The monoisotopic (exact) mass is 182 g/mol. The molecule has 0 rings (SSSR count). The van der Waals surface area contributed by atoms with E-state index in [9.17, 15) is 0 Å². The van der Waals surface area contributed by atoms with Gasteiger partial charge in [0.15, 0.2) is 0 Å². The summed E-state index contributed by atoms with van der Waals surface area (Å²) in [6, 6.07) is 3.03. The Morgan fingerprint density at radius 3 is 2.15 bits per heavy atom. The average molecular weight is 182 g/mol. The number of nitrogens with one attached hydrogen (secondary N) is 1. The zero-order valence-corrected chi connectivity index (χ0v) is 9.30. The molecule has 2 atom stereocenters. The van der Waals surface area contributed by atoms with Gasteiger partial charge in [0.2, 0.25) is 0 Å². The standard InChI is InChI=1S/C11H22N2/c1-5-11(6-2)10(4)13-9(3)7-8-12/h9-11,13H,5-7H2,1-4H3. The molecule has 0 aromatic rings. The van der Waals surface area contributed by atoms with E-state index in [4.69, 9.17) is 5.26 Å². The Balaban J connectivity index is 3.83. The third kappa shape index (κ3) is 4.90. The number of nitrogens with zero attached hydrogens (tertiary/aromatic N) is 1. The van der Waals surface area contributed by atoms with Crippen LogP contribution in [0.2, 0.25) is 0 Å². The summed E-state index contributed by atoms with van der Waals surface area (Å²) in [6.45, 7) is 8.73. The maximum atomic E-state index is 8.51. The van der Waals surface area contributed by atoms with Crippen molar-refractivity contribution in [2.75, 3.05) is 0 Å². The van der Waals surface area contributed by atoms with Gasteiger partial charge in [-0.2, -0.15) is 5.26 Å². The molecule has 1 N–H and O–H groups in total. The number of nitriles is 1. The topological polar surface area (TPSA) is 35.8 Å². The van der Waals surface area contributed by atoms with Crippen LogP contribution in [0.5, 0.6) is 0 Å². The predicted molar refractivity (Wildman–Crippen MR) is 56.4 cm³/mol. The van der Waals surface area contributed by atoms with Gasteiger partial charge in [0.1, 0.15) is 0 Å². The van der Waals surface area contributed by atoms with Crippen molar-refractivity contribution in [2.24, 2.45) is 5.92 Å². The molecule has 0 heterocycles. The van der Waals surface area contributed by atoms with Crippen LogP contribution in [0.4, 0.5) is 0 Å². The molecule has 2 unspecified atom stereocenters. The van der Waals surface area contributed by atoms with E-state index in [1.165, 1.54) is 12.8 Å². The summed E-state index contributed by atoms with van der Waals surface area (Å²) >= 11 is 0. The fourth-order valence-electron chi connectivity index (χ4n) is 1.78. The molecule has 0 aromatic carbocycles. The van der Waals surface area contributed by atoms with Crippen LogP contribution < -0.4 is 5.32 Å². The van der Waals surface area contributed by atoms with E-state index in [1.54, 1.807) is 0 Å². The van der Waals surface area contributed by atoms with E-state index < -0.39 is 0 Å². The normalized spacial score (nSPS) is 15.4. The van der Waals surface area contributed by atoms with E-state index in [1.807, 2.05) is 0 Å². The second-order valence-corrected chi connectivity index (χ2v) is 3.80. The van der Waals surface area contributed by atoms with Crippen LogP contribution in [-0.2, 0) is 0 Å². The molecular formula is C11H22N2. The van der Waals surface area contributed by atoms with Gasteiger partial charge in [-0.1, -0.05) is 26.7 Å². The third-order valence-corrected chi connectivity index (χ3v) is 2.70. The fourth-order valence-corrected chi connectivity index (χ4v) is 1.78. The highest BCUT2D eigenvalue weighted by Crippen LogP contribution is 2.13. The third-order valence-electron chi connectivity index (χ3n) is 2.70. The van der Waals surface area contributed by atoms with E-state index in [2.05, 4.69) is 39.1 Å². The smallest absolute Gasteiger partial charge is 0.0638 e. The van der Waals surface area contributed by atoms with Crippen LogP contribution in [0.3, 0.4) is 0 Å². The largest absolute Gasteiger partial charge is 0.310 e. The molecule has 0 aliphatic rings. The van der Waals surface area contributed by atoms with E-state index in [-0.39, 0.29) is 0 Å². The Morgan fingerprint density at radius 1 is 1.23 bits per heavy atom. The van der Waals surface area contributed by atoms with Crippen molar-refractivity contribution in [1.82, 2.24) is 5.32 Å². The van der Waals surface area contributed by atoms with Gasteiger partial charge in [-0.15, -0.1) is 0 Å². The average Bonchev–Trinajstić information content (AvgIpc) is 2.06. The van der Waals surface area contributed by atoms with E-state index in [0.29, 0.717) is 18.5 Å². The minimum absolute atomic E-state index is 0.320. The molecule has 0 bridgehead atoms. The molecule has 2 heteroatoms. The molecule has 2 nitrogen and oxygen atoms in total. The quantitative estimate of drug-likeness (QED) is 0.685. The molecular weight excluding hydrogens is 160 g/mol. The first kappa shape index (κ1) is 12.4. The zero-order chi connectivity index (χ0) is 10.3. The van der Waals surface area contributed by atoms with Gasteiger partial charge in [0.25, 0.3) is 0 Å². The first-order valence-electron chi connectivity index (χ1n) is 5.28. The first-order valence-corrected chi connectivity index (χ1v) is 5.28. The summed E-state index contributed by atoms with van der Waals surface area (Å²) in [5.74, 6) is 0.737. The van der Waals surface area contributed by atoms with Gasteiger partial charge in [-0.25, -0.2) is 0 Å². The molecule has 13 heavy (non-hydrogen) atoms. The van der Waals surface area contributed by atoms with Crippen molar-refractivity contribution in [1.29, 1.82) is 5.26 Å². The second kappa shape index (κ2) is 6.91. The van der Waals surface area contributed by atoms with Crippen molar-refractivity contribution < 1.29 is 0 Å². The highest BCUT2D eigenvalue weighted by Gasteiger charge is 2.14. The predicted octanol–water partition coefficient (Wildman–Crippen LogP) is 2.70. The SMILES string of the molecule is CCC(CC)C(C)NC(C)CC#N. The fraction of sp³-hybridized carbons (Fsp3) is 0.909. The van der Waals surface area contributed by atoms with Gasteiger partial charge < -0.3 is 5.32 Å². The highest BCUT2D eigenvalue weighted by molar-refractivity contribution is 4.81. The molecule has 0 aliphatic carbocycles. The zero-order valence-electron chi connectivity index (χ0n) is 9.30. The van der Waals surface area contributed by atoms with Crippen molar-refractivity contribution in [3.63, 3.8) is 0 Å². The number of rotatable bonds is 6. The lowest BCUT2D eigenvalue weighted by Crippen LogP contribution is -2.39. The summed E-state index contributed by atoms with van der Waals surface area (Å²) in [7, 11) is 0. The lowest BCUT2D eigenvalue weighted by atomic mass is 9.95. The van der Waals surface area contributed by atoms with Crippen molar-refractivity contribution in [3.8, 4) is 6.07 Å². The maximum absolute atomic E-state index is 8.51. The number of hydrogen-bond donors (Lipinski definition) is 1. The number of hydrogen-bond acceptors (Lipinski definition) is 2.